The molecule has 7 heteroatoms. The van der Waals surface area contributed by atoms with E-state index in [9.17, 15) is 0 Å². The molecule has 3 aromatic carbocycles. The quantitative estimate of drug-likeness (QED) is 0.303. The minimum Gasteiger partial charge on any atom is -0.467 e. The molecule has 0 bridgehead atoms. The fourth-order valence-corrected chi connectivity index (χ4v) is 5.04. The molecule has 0 spiro atoms. The van der Waals surface area contributed by atoms with Crippen LogP contribution in [0.3, 0.4) is 0 Å². The maximum absolute atomic E-state index is 6.04. The molecule has 5 aromatic rings. The lowest BCUT2D eigenvalue weighted by molar-refractivity contribution is 0.487. The highest BCUT2D eigenvalue weighted by atomic mass is 16.3. The van der Waals surface area contributed by atoms with Crippen molar-refractivity contribution in [3.8, 4) is 5.69 Å². The number of amidine groups is 2. The van der Waals surface area contributed by atoms with E-state index in [0.29, 0.717) is 11.7 Å². The van der Waals surface area contributed by atoms with Crippen LogP contribution < -0.4 is 10.2 Å². The predicted molar refractivity (Wildman–Crippen MR) is 147 cm³/mol. The number of nitrogens with one attached hydrogen (secondary N) is 1. The number of aromatic nitrogens is 2. The lowest BCUT2D eigenvalue weighted by atomic mass is 9.98. The van der Waals surface area contributed by atoms with E-state index < -0.39 is 0 Å². The third-order valence-corrected chi connectivity index (χ3v) is 6.77. The first-order valence-corrected chi connectivity index (χ1v) is 12.3. The van der Waals surface area contributed by atoms with E-state index in [-0.39, 0.29) is 6.04 Å². The summed E-state index contributed by atoms with van der Waals surface area (Å²) in [5.41, 5.74) is 6.83. The molecule has 0 saturated heterocycles. The Labute approximate surface area is 214 Å². The van der Waals surface area contributed by atoms with Crippen molar-refractivity contribution in [3.05, 3.63) is 120 Å². The number of fused-ring (bicyclic) bond motifs is 4. The Bertz CT molecular complexity index is 1660. The fourth-order valence-electron chi connectivity index (χ4n) is 5.04. The van der Waals surface area contributed by atoms with Crippen molar-refractivity contribution >= 4 is 34.6 Å². The standard InChI is InChI=1S/C30H24N6O/c1-19-14-16-21(17-15-19)31-28-30-33-29-26(20(2)34-36(29)22-9-4-3-5-10-22)27(25-13-8-18-37-25)35(30)24-12-7-6-11-23(24)32-28/h3-18,27H,1-2H3,(H,31,32). The van der Waals surface area contributed by atoms with E-state index in [0.717, 1.165) is 45.6 Å². The monoisotopic (exact) mass is 484 g/mol. The van der Waals surface area contributed by atoms with Crippen molar-refractivity contribution in [1.29, 1.82) is 0 Å². The number of benzene rings is 3. The van der Waals surface area contributed by atoms with Gasteiger partial charge >= 0.3 is 0 Å². The van der Waals surface area contributed by atoms with E-state index in [1.54, 1.807) is 6.26 Å². The summed E-state index contributed by atoms with van der Waals surface area (Å²) in [6.45, 7) is 4.11. The second-order valence-corrected chi connectivity index (χ2v) is 9.23. The first-order valence-electron chi connectivity index (χ1n) is 12.3. The van der Waals surface area contributed by atoms with Crippen LogP contribution >= 0.6 is 0 Å². The molecule has 0 saturated carbocycles. The predicted octanol–water partition coefficient (Wildman–Crippen LogP) is 6.88. The molecule has 2 aromatic heterocycles. The van der Waals surface area contributed by atoms with Gasteiger partial charge in [0.1, 0.15) is 11.8 Å². The van der Waals surface area contributed by atoms with E-state index >= 15 is 0 Å². The Morgan fingerprint density at radius 3 is 2.38 bits per heavy atom. The molecule has 1 unspecified atom stereocenters. The summed E-state index contributed by atoms with van der Waals surface area (Å²) in [6.07, 6.45) is 1.72. The smallest absolute Gasteiger partial charge is 0.179 e. The first-order chi connectivity index (χ1) is 18.2. The summed E-state index contributed by atoms with van der Waals surface area (Å²) >= 11 is 0. The van der Waals surface area contributed by atoms with Gasteiger partial charge in [0.05, 0.1) is 34.6 Å². The van der Waals surface area contributed by atoms with Crippen LogP contribution in [0.2, 0.25) is 0 Å². The number of nitrogens with zero attached hydrogens (tertiary/aromatic N) is 5. The first kappa shape index (κ1) is 21.4. The van der Waals surface area contributed by atoms with Gasteiger partial charge in [0.15, 0.2) is 17.5 Å². The SMILES string of the molecule is Cc1ccc(NC2=Nc3ccccc3N3C2=Nc2c(c(C)nn2-c2ccccc2)C3c2ccco2)cc1. The van der Waals surface area contributed by atoms with Crippen LogP contribution in [0, 0.1) is 13.8 Å². The Morgan fingerprint density at radius 2 is 1.59 bits per heavy atom. The number of para-hydroxylation sites is 3. The summed E-state index contributed by atoms with van der Waals surface area (Å²) < 4.78 is 7.95. The third-order valence-electron chi connectivity index (χ3n) is 6.77. The van der Waals surface area contributed by atoms with Gasteiger partial charge in [-0.1, -0.05) is 48.0 Å². The van der Waals surface area contributed by atoms with E-state index in [2.05, 4.69) is 47.5 Å². The average molecular weight is 485 g/mol. The van der Waals surface area contributed by atoms with E-state index in [1.807, 2.05) is 72.3 Å². The van der Waals surface area contributed by atoms with Crippen LogP contribution in [0.4, 0.5) is 22.9 Å². The van der Waals surface area contributed by atoms with Gasteiger partial charge in [0, 0.05) is 5.69 Å². The third kappa shape index (κ3) is 3.47. The zero-order valence-electron chi connectivity index (χ0n) is 20.5. The summed E-state index contributed by atoms with van der Waals surface area (Å²) in [7, 11) is 0. The van der Waals surface area contributed by atoms with Gasteiger partial charge in [0.25, 0.3) is 0 Å². The molecule has 180 valence electrons. The Morgan fingerprint density at radius 1 is 0.811 bits per heavy atom. The normalized spacial score (nSPS) is 15.8. The molecule has 37 heavy (non-hydrogen) atoms. The number of aryl methyl sites for hydroxylation is 2. The van der Waals surface area contributed by atoms with Gasteiger partial charge in [-0.3, -0.25) is 0 Å². The van der Waals surface area contributed by atoms with Gasteiger partial charge in [-0.2, -0.15) is 5.10 Å². The van der Waals surface area contributed by atoms with Gasteiger partial charge < -0.3 is 14.6 Å². The number of aliphatic imine (C=N–C) groups is 2. The molecule has 0 fully saturated rings. The molecule has 2 aliphatic heterocycles. The lowest BCUT2D eigenvalue weighted by Gasteiger charge is -2.39. The minimum absolute atomic E-state index is 0.263. The van der Waals surface area contributed by atoms with E-state index in [4.69, 9.17) is 19.5 Å². The highest BCUT2D eigenvalue weighted by molar-refractivity contribution is 6.51. The number of rotatable bonds is 3. The molecule has 1 N–H and O–H groups in total. The summed E-state index contributed by atoms with van der Waals surface area (Å²) in [5.74, 6) is 2.97. The largest absolute Gasteiger partial charge is 0.467 e. The molecule has 2 aliphatic rings. The van der Waals surface area contributed by atoms with Crippen molar-refractivity contribution in [2.75, 3.05) is 10.2 Å². The summed E-state index contributed by atoms with van der Waals surface area (Å²) in [5, 5.41) is 8.46. The van der Waals surface area contributed by atoms with Crippen molar-refractivity contribution in [2.45, 2.75) is 19.9 Å². The van der Waals surface area contributed by atoms with Crippen LogP contribution in [-0.2, 0) is 0 Å². The molecule has 0 radical (unpaired) electrons. The lowest BCUT2D eigenvalue weighted by Crippen LogP contribution is -2.46. The average Bonchev–Trinajstić information content (AvgIpc) is 3.58. The van der Waals surface area contributed by atoms with Crippen LogP contribution in [-0.4, -0.2) is 21.5 Å². The number of hydrogen-bond acceptors (Lipinski definition) is 6. The summed E-state index contributed by atoms with van der Waals surface area (Å²) in [4.78, 5) is 12.5. The molecular weight excluding hydrogens is 460 g/mol. The van der Waals surface area contributed by atoms with Crippen LogP contribution in [0.5, 0.6) is 0 Å². The van der Waals surface area contributed by atoms with Crippen molar-refractivity contribution in [1.82, 2.24) is 9.78 Å². The Hall–Kier alpha value is -4.91. The maximum atomic E-state index is 6.04. The van der Waals surface area contributed by atoms with Gasteiger partial charge in [-0.25, -0.2) is 14.7 Å². The van der Waals surface area contributed by atoms with Crippen molar-refractivity contribution < 1.29 is 4.42 Å². The van der Waals surface area contributed by atoms with E-state index in [1.165, 1.54) is 5.56 Å². The van der Waals surface area contributed by atoms with Crippen LogP contribution in [0.1, 0.15) is 28.6 Å². The van der Waals surface area contributed by atoms with Gasteiger partial charge in [-0.05, 0) is 62.4 Å². The number of hydrogen-bond donors (Lipinski definition) is 1. The molecule has 1 atom stereocenters. The Balaban J connectivity index is 1.49. The summed E-state index contributed by atoms with van der Waals surface area (Å²) in [6, 6.07) is 30.2. The molecular formula is C30H24N6O. The second kappa shape index (κ2) is 8.34. The van der Waals surface area contributed by atoms with Gasteiger partial charge in [0.2, 0.25) is 0 Å². The number of furan rings is 1. The second-order valence-electron chi connectivity index (χ2n) is 9.23. The maximum Gasteiger partial charge on any atom is 0.179 e. The van der Waals surface area contributed by atoms with Crippen molar-refractivity contribution in [2.24, 2.45) is 9.98 Å². The molecule has 0 amide bonds. The Kier molecular flexibility index (Phi) is 4.82. The van der Waals surface area contributed by atoms with Gasteiger partial charge in [-0.15, -0.1) is 0 Å². The molecule has 7 rings (SSSR count). The minimum atomic E-state index is -0.263. The number of anilines is 2. The molecule has 0 aliphatic carbocycles. The molecule has 7 nitrogen and oxygen atoms in total. The topological polar surface area (TPSA) is 71.0 Å². The zero-order valence-corrected chi connectivity index (χ0v) is 20.5. The van der Waals surface area contributed by atoms with Crippen LogP contribution in [0.15, 0.2) is 112 Å². The highest BCUT2D eigenvalue weighted by Crippen LogP contribution is 2.48. The highest BCUT2D eigenvalue weighted by Gasteiger charge is 2.42. The zero-order chi connectivity index (χ0) is 24.9. The van der Waals surface area contributed by atoms with Crippen molar-refractivity contribution in [3.63, 3.8) is 0 Å². The van der Waals surface area contributed by atoms with Crippen LogP contribution in [0.25, 0.3) is 5.69 Å². The molecule has 4 heterocycles. The fraction of sp³-hybridized carbons (Fsp3) is 0.100.